The van der Waals surface area contributed by atoms with Gasteiger partial charge in [0.15, 0.2) is 16.6 Å². The van der Waals surface area contributed by atoms with E-state index in [0.717, 1.165) is 26.1 Å². The second kappa shape index (κ2) is 10.4. The van der Waals surface area contributed by atoms with Gasteiger partial charge in [0.2, 0.25) is 0 Å². The summed E-state index contributed by atoms with van der Waals surface area (Å²) in [5.41, 5.74) is 1.66. The van der Waals surface area contributed by atoms with Gasteiger partial charge in [0.25, 0.3) is 0 Å². The van der Waals surface area contributed by atoms with Crippen molar-refractivity contribution in [1.29, 1.82) is 0 Å². The Morgan fingerprint density at radius 1 is 0.892 bits per heavy atom. The Balaban J connectivity index is 1.94. The number of carbonyl (C=O) groups is 1. The van der Waals surface area contributed by atoms with Crippen LogP contribution in [0.1, 0.15) is 93.4 Å². The summed E-state index contributed by atoms with van der Waals surface area (Å²) in [6, 6.07) is 0. The van der Waals surface area contributed by atoms with Crippen LogP contribution < -0.4 is 0 Å². The first-order valence-corrected chi connectivity index (χ1v) is 22.0. The van der Waals surface area contributed by atoms with E-state index in [0.29, 0.717) is 40.9 Å². The Hall–Kier alpha value is -0.0194. The molecule has 0 radical (unpaired) electrons. The second-order valence-electron chi connectivity index (χ2n) is 16.6. The maximum Gasteiger partial charge on any atom is 0.191 e. The fourth-order valence-corrected chi connectivity index (χ4v) is 10.6. The van der Waals surface area contributed by atoms with Crippen LogP contribution >= 0.6 is 0 Å². The molecule has 37 heavy (non-hydrogen) atoms. The van der Waals surface area contributed by atoms with Crippen molar-refractivity contribution in [2.24, 2.45) is 29.1 Å². The molecule has 0 aromatic heterocycles. The predicted octanol–water partition coefficient (Wildman–Crippen LogP) is 7.92. The smallest absolute Gasteiger partial charge is 0.191 e. The molecule has 3 aliphatic rings. The average Bonchev–Trinajstić information content (AvgIpc) is 3.06. The molecular weight excluding hydrogens is 505 g/mol. The third-order valence-corrected chi connectivity index (χ3v) is 23.4. The van der Waals surface area contributed by atoms with Gasteiger partial charge in [0.1, 0.15) is 5.78 Å². The number of fused-ring (bicyclic) bond motifs is 1. The molecule has 6 heteroatoms. The van der Waals surface area contributed by atoms with E-state index in [-0.39, 0.29) is 15.5 Å². The number of hydrogen-bond acceptors (Lipinski definition) is 3. The van der Waals surface area contributed by atoms with Crippen molar-refractivity contribution in [1.82, 2.24) is 0 Å². The van der Waals surface area contributed by atoms with Gasteiger partial charge in [-0.3, -0.25) is 4.79 Å². The first-order valence-electron chi connectivity index (χ1n) is 15.1. The number of carbonyl (C=O) groups excluding carboxylic acids is 1. The summed E-state index contributed by atoms with van der Waals surface area (Å²) in [4.78, 5) is 12.8. The summed E-state index contributed by atoms with van der Waals surface area (Å²) in [5, 5.41) is 0.782. The Kier molecular flexibility index (Phi) is 8.88. The minimum atomic E-state index is -1.88. The van der Waals surface area contributed by atoms with Gasteiger partial charge >= 0.3 is 0 Å². The standard InChI is InChI=1S/C31H60O3Si3/c1-22-13-14-27-25(21-34-37(11,12)29(5,6)7)26(16-18-31(22,27)35)30(8)17-15-24(32)19-23(30)20-33-36(9,10)28(2,3)4/h23,25-27H,1,13-21H2,2-12,35H3/t23-,25-,26+,27+,30+,31-/m1/s1. The van der Waals surface area contributed by atoms with Crippen LogP contribution in [0, 0.1) is 29.1 Å². The van der Waals surface area contributed by atoms with E-state index < -0.39 is 16.6 Å². The molecule has 3 saturated carbocycles. The molecule has 0 unspecified atom stereocenters. The van der Waals surface area contributed by atoms with Crippen LogP contribution in [0.2, 0.25) is 41.3 Å². The highest BCUT2D eigenvalue weighted by Gasteiger charge is 2.57. The van der Waals surface area contributed by atoms with Crippen LogP contribution in [0.3, 0.4) is 0 Å². The Labute approximate surface area is 235 Å². The molecule has 0 aliphatic heterocycles. The summed E-state index contributed by atoms with van der Waals surface area (Å²) >= 11 is 0. The lowest BCUT2D eigenvalue weighted by Gasteiger charge is -2.57. The van der Waals surface area contributed by atoms with Gasteiger partial charge in [0.05, 0.1) is 0 Å². The Morgan fingerprint density at radius 2 is 1.43 bits per heavy atom. The van der Waals surface area contributed by atoms with Crippen LogP contribution in [0.25, 0.3) is 0 Å². The zero-order valence-electron chi connectivity index (χ0n) is 26.6. The first-order chi connectivity index (χ1) is 16.7. The van der Waals surface area contributed by atoms with Gasteiger partial charge in [0, 0.05) is 36.3 Å². The van der Waals surface area contributed by atoms with E-state index in [2.05, 4.69) is 81.2 Å². The summed E-state index contributed by atoms with van der Waals surface area (Å²) in [6.45, 7) is 32.3. The molecule has 3 nitrogen and oxygen atoms in total. The van der Waals surface area contributed by atoms with E-state index in [1.54, 1.807) is 0 Å². The summed E-state index contributed by atoms with van der Waals surface area (Å²) in [5.74, 6) is 2.61. The number of Topliss-reactive ketones (excluding diaryl/α,β-unsaturated/α-hetero) is 1. The van der Waals surface area contributed by atoms with Gasteiger partial charge in [-0.2, -0.15) is 0 Å². The van der Waals surface area contributed by atoms with Crippen molar-refractivity contribution in [2.45, 2.75) is 135 Å². The fourth-order valence-electron chi connectivity index (χ4n) is 7.25. The third-order valence-electron chi connectivity index (χ3n) is 12.5. The maximum absolute atomic E-state index is 12.8. The molecule has 3 fully saturated rings. The molecule has 0 heterocycles. The molecule has 0 amide bonds. The molecule has 0 saturated heterocycles. The molecule has 214 valence electrons. The normalized spacial score (nSPS) is 36.2. The van der Waals surface area contributed by atoms with Crippen molar-refractivity contribution in [3.63, 3.8) is 0 Å². The van der Waals surface area contributed by atoms with Crippen LogP contribution in [0.4, 0.5) is 0 Å². The molecule has 0 N–H and O–H groups in total. The largest absolute Gasteiger partial charge is 0.417 e. The van der Waals surface area contributed by atoms with E-state index in [1.807, 2.05) is 0 Å². The highest BCUT2D eigenvalue weighted by Crippen LogP contribution is 2.66. The van der Waals surface area contributed by atoms with Crippen molar-refractivity contribution in [3.8, 4) is 0 Å². The maximum atomic E-state index is 12.8. The lowest BCUT2D eigenvalue weighted by Crippen LogP contribution is -2.53. The highest BCUT2D eigenvalue weighted by molar-refractivity contribution is 6.74. The summed E-state index contributed by atoms with van der Waals surface area (Å²) in [7, 11) is -2.53. The quantitative estimate of drug-likeness (QED) is 0.233. The lowest BCUT2D eigenvalue weighted by molar-refractivity contribution is -0.131. The molecule has 3 rings (SSSR count). The number of hydrogen-bond donors (Lipinski definition) is 0. The molecular formula is C31H60O3Si3. The first kappa shape index (κ1) is 31.5. The second-order valence-corrected chi connectivity index (χ2v) is 28.0. The molecule has 0 spiro atoms. The minimum Gasteiger partial charge on any atom is -0.417 e. The van der Waals surface area contributed by atoms with Crippen molar-refractivity contribution in [2.75, 3.05) is 13.2 Å². The van der Waals surface area contributed by atoms with Crippen molar-refractivity contribution in [3.05, 3.63) is 12.2 Å². The number of rotatable bonds is 7. The fraction of sp³-hybridized carbons (Fsp3) is 0.903. The SMILES string of the molecule is C=C1CC[C@H]2[C@H](CO[Si](C)(C)C(C)(C)C)[C@@H]([C@@]3(C)CCC(=O)C[C@@H]3CO[Si](C)(C)C(C)(C)C)CC[C@@]12[SiH3]. The van der Waals surface area contributed by atoms with Gasteiger partial charge in [-0.15, -0.1) is 0 Å². The minimum absolute atomic E-state index is 0.130. The van der Waals surface area contributed by atoms with Crippen molar-refractivity contribution < 1.29 is 13.6 Å². The van der Waals surface area contributed by atoms with Crippen molar-refractivity contribution >= 4 is 32.7 Å². The Morgan fingerprint density at radius 3 is 1.97 bits per heavy atom. The molecule has 0 bridgehead atoms. The van der Waals surface area contributed by atoms with Gasteiger partial charge in [-0.05, 0) is 102 Å². The molecule has 0 aromatic carbocycles. The van der Waals surface area contributed by atoms with E-state index in [1.165, 1.54) is 41.5 Å². The predicted molar refractivity (Wildman–Crippen MR) is 167 cm³/mol. The van der Waals surface area contributed by atoms with Gasteiger partial charge in [-0.1, -0.05) is 60.6 Å². The molecule has 6 atom stereocenters. The topological polar surface area (TPSA) is 35.5 Å². The van der Waals surface area contributed by atoms with Crippen LogP contribution in [0.5, 0.6) is 0 Å². The number of ketones is 1. The molecule has 3 aliphatic carbocycles. The highest BCUT2D eigenvalue weighted by atomic mass is 28.4. The third kappa shape index (κ3) is 6.03. The van der Waals surface area contributed by atoms with Gasteiger partial charge in [-0.25, -0.2) is 0 Å². The zero-order valence-corrected chi connectivity index (χ0v) is 30.6. The van der Waals surface area contributed by atoms with E-state index in [4.69, 9.17) is 8.85 Å². The monoisotopic (exact) mass is 564 g/mol. The Bertz CT molecular complexity index is 868. The van der Waals surface area contributed by atoms with E-state index in [9.17, 15) is 4.79 Å². The van der Waals surface area contributed by atoms with Crippen LogP contribution in [-0.4, -0.2) is 45.9 Å². The van der Waals surface area contributed by atoms with Crippen LogP contribution in [0.15, 0.2) is 12.2 Å². The van der Waals surface area contributed by atoms with Gasteiger partial charge < -0.3 is 8.85 Å². The molecule has 0 aromatic rings. The van der Waals surface area contributed by atoms with E-state index >= 15 is 0 Å². The lowest BCUT2D eigenvalue weighted by atomic mass is 9.52. The zero-order chi connectivity index (χ0) is 28.2. The average molecular weight is 565 g/mol. The van der Waals surface area contributed by atoms with Crippen LogP contribution in [-0.2, 0) is 13.6 Å². The summed E-state index contributed by atoms with van der Waals surface area (Å²) in [6.07, 6.45) is 7.48. The summed E-state index contributed by atoms with van der Waals surface area (Å²) < 4.78 is 13.9. The number of allylic oxidation sites excluding steroid dienone is 1.